The number of rotatable bonds is 10. The van der Waals surface area contributed by atoms with Gasteiger partial charge in [0.1, 0.15) is 12.0 Å². The van der Waals surface area contributed by atoms with E-state index in [0.717, 1.165) is 12.9 Å². The number of para-hydroxylation sites is 1. The molecular formula is C24H31N3O8. The zero-order chi connectivity index (χ0) is 26.0. The zero-order valence-electron chi connectivity index (χ0n) is 20.6. The topological polar surface area (TPSA) is 129 Å². The molecule has 2 aromatic rings. The summed E-state index contributed by atoms with van der Waals surface area (Å²) in [5.74, 6) is 0.388. The fourth-order valence-electron chi connectivity index (χ4n) is 3.60. The Morgan fingerprint density at radius 3 is 2.43 bits per heavy atom. The standard InChI is InChI=1S/C21H23N3O7.C3H8O/c1-22-15-6-4-7-16(18(15)24(27)28)31-20-17(29-2)12-14-13(19(20)30-3)8-10-23(21(14)26)9-5-11-25;1-3-4-2/h4,6-7,11-12,22H,5,8-10H2,1-3H3;3H2,1-2H3. The second-order valence-corrected chi connectivity index (χ2v) is 7.30. The van der Waals surface area contributed by atoms with Crippen molar-refractivity contribution in [2.45, 2.75) is 19.8 Å². The number of ether oxygens (including phenoxy) is 4. The quantitative estimate of drug-likeness (QED) is 0.302. The van der Waals surface area contributed by atoms with Crippen LogP contribution in [0.2, 0.25) is 0 Å². The summed E-state index contributed by atoms with van der Waals surface area (Å²) < 4.78 is 21.5. The van der Waals surface area contributed by atoms with Crippen molar-refractivity contribution in [2.75, 3.05) is 53.4 Å². The summed E-state index contributed by atoms with van der Waals surface area (Å²) in [5.41, 5.74) is 1.07. The molecule has 0 aromatic heterocycles. The summed E-state index contributed by atoms with van der Waals surface area (Å²) in [4.78, 5) is 36.3. The van der Waals surface area contributed by atoms with Crippen LogP contribution in [-0.2, 0) is 16.0 Å². The highest BCUT2D eigenvalue weighted by molar-refractivity contribution is 5.98. The lowest BCUT2D eigenvalue weighted by Crippen LogP contribution is -2.38. The third-order valence-electron chi connectivity index (χ3n) is 5.35. The number of hydrogen-bond acceptors (Lipinski definition) is 9. The largest absolute Gasteiger partial charge is 0.493 e. The number of carbonyl (C=O) groups is 2. The fourth-order valence-corrected chi connectivity index (χ4v) is 3.60. The van der Waals surface area contributed by atoms with E-state index in [1.165, 1.54) is 26.4 Å². The third-order valence-corrected chi connectivity index (χ3v) is 5.35. The minimum atomic E-state index is -0.535. The Labute approximate surface area is 204 Å². The molecule has 0 aliphatic carbocycles. The first-order valence-electron chi connectivity index (χ1n) is 11.0. The maximum Gasteiger partial charge on any atom is 0.334 e. The van der Waals surface area contributed by atoms with E-state index in [1.807, 2.05) is 6.92 Å². The number of nitro benzene ring substituents is 1. The van der Waals surface area contributed by atoms with Gasteiger partial charge in [-0.05, 0) is 31.5 Å². The molecule has 35 heavy (non-hydrogen) atoms. The molecule has 2 aromatic carbocycles. The van der Waals surface area contributed by atoms with Gasteiger partial charge in [-0.1, -0.05) is 6.07 Å². The molecule has 1 amide bonds. The summed E-state index contributed by atoms with van der Waals surface area (Å²) >= 11 is 0. The highest BCUT2D eigenvalue weighted by Gasteiger charge is 2.32. The summed E-state index contributed by atoms with van der Waals surface area (Å²) in [5, 5.41) is 14.4. The molecule has 1 N–H and O–H groups in total. The first-order valence-corrected chi connectivity index (χ1v) is 11.0. The minimum Gasteiger partial charge on any atom is -0.493 e. The van der Waals surface area contributed by atoms with Crippen LogP contribution in [0, 0.1) is 10.1 Å². The van der Waals surface area contributed by atoms with Gasteiger partial charge in [0, 0.05) is 45.8 Å². The van der Waals surface area contributed by atoms with Crippen LogP contribution in [0.1, 0.15) is 29.3 Å². The molecule has 11 heteroatoms. The van der Waals surface area contributed by atoms with Gasteiger partial charge in [-0.15, -0.1) is 0 Å². The Morgan fingerprint density at radius 1 is 1.17 bits per heavy atom. The van der Waals surface area contributed by atoms with E-state index in [1.54, 1.807) is 31.2 Å². The number of aldehydes is 1. The molecule has 1 aliphatic heterocycles. The second-order valence-electron chi connectivity index (χ2n) is 7.30. The summed E-state index contributed by atoms with van der Waals surface area (Å²) in [6.07, 6.45) is 1.50. The van der Waals surface area contributed by atoms with Crippen LogP contribution in [0.4, 0.5) is 11.4 Å². The number of anilines is 1. The molecule has 0 atom stereocenters. The highest BCUT2D eigenvalue weighted by Crippen LogP contribution is 2.48. The normalized spacial score (nSPS) is 12.1. The van der Waals surface area contributed by atoms with Crippen LogP contribution in [0.15, 0.2) is 24.3 Å². The molecule has 1 heterocycles. The van der Waals surface area contributed by atoms with Crippen LogP contribution in [-0.4, -0.2) is 70.1 Å². The number of fused-ring (bicyclic) bond motifs is 1. The van der Waals surface area contributed by atoms with Crippen molar-refractivity contribution in [3.8, 4) is 23.0 Å². The van der Waals surface area contributed by atoms with Crippen molar-refractivity contribution in [2.24, 2.45) is 0 Å². The molecule has 11 nitrogen and oxygen atoms in total. The Kier molecular flexibility index (Phi) is 10.3. The lowest BCUT2D eigenvalue weighted by Gasteiger charge is -2.30. The number of carbonyl (C=O) groups excluding carboxylic acids is 2. The van der Waals surface area contributed by atoms with E-state index >= 15 is 0 Å². The molecule has 1 aliphatic rings. The van der Waals surface area contributed by atoms with E-state index in [9.17, 15) is 19.7 Å². The molecule has 0 spiro atoms. The maximum absolute atomic E-state index is 12.9. The van der Waals surface area contributed by atoms with Crippen molar-refractivity contribution in [1.82, 2.24) is 4.90 Å². The molecule has 0 unspecified atom stereocenters. The average molecular weight is 490 g/mol. The summed E-state index contributed by atoms with van der Waals surface area (Å²) in [7, 11) is 6.10. The maximum atomic E-state index is 12.9. The van der Waals surface area contributed by atoms with Crippen LogP contribution in [0.3, 0.4) is 0 Å². The number of benzene rings is 2. The first-order chi connectivity index (χ1) is 16.9. The van der Waals surface area contributed by atoms with Gasteiger partial charge in [-0.3, -0.25) is 14.9 Å². The van der Waals surface area contributed by atoms with Gasteiger partial charge < -0.3 is 34.0 Å². The molecule has 3 rings (SSSR count). The van der Waals surface area contributed by atoms with Crippen molar-refractivity contribution in [1.29, 1.82) is 0 Å². The molecule has 0 saturated heterocycles. The van der Waals surface area contributed by atoms with Crippen LogP contribution < -0.4 is 19.5 Å². The second kappa shape index (κ2) is 13.1. The number of methoxy groups -OCH3 is 3. The Hall–Kier alpha value is -3.86. The number of nitro groups is 1. The predicted molar refractivity (Wildman–Crippen MR) is 130 cm³/mol. The van der Waals surface area contributed by atoms with Crippen molar-refractivity contribution < 1.29 is 33.5 Å². The van der Waals surface area contributed by atoms with Crippen molar-refractivity contribution >= 4 is 23.6 Å². The van der Waals surface area contributed by atoms with Gasteiger partial charge in [-0.2, -0.15) is 0 Å². The smallest absolute Gasteiger partial charge is 0.334 e. The van der Waals surface area contributed by atoms with Crippen LogP contribution in [0.25, 0.3) is 0 Å². The lowest BCUT2D eigenvalue weighted by molar-refractivity contribution is -0.384. The Morgan fingerprint density at radius 2 is 1.89 bits per heavy atom. The minimum absolute atomic E-state index is 0.00291. The lowest BCUT2D eigenvalue weighted by atomic mass is 9.96. The van der Waals surface area contributed by atoms with Gasteiger partial charge in [0.15, 0.2) is 11.5 Å². The third kappa shape index (κ3) is 6.18. The molecule has 0 radical (unpaired) electrons. The average Bonchev–Trinajstić information content (AvgIpc) is 2.87. The zero-order valence-corrected chi connectivity index (χ0v) is 20.6. The number of amides is 1. The van der Waals surface area contributed by atoms with E-state index in [2.05, 4.69) is 10.1 Å². The van der Waals surface area contributed by atoms with Crippen LogP contribution >= 0.6 is 0 Å². The van der Waals surface area contributed by atoms with Gasteiger partial charge in [-0.25, -0.2) is 0 Å². The molecule has 0 bridgehead atoms. The number of nitrogens with one attached hydrogen (secondary N) is 1. The fraction of sp³-hybridized carbons (Fsp3) is 0.417. The van der Waals surface area contributed by atoms with E-state index in [4.69, 9.17) is 14.2 Å². The van der Waals surface area contributed by atoms with Gasteiger partial charge in [0.2, 0.25) is 11.5 Å². The Balaban J connectivity index is 0.00000100. The van der Waals surface area contributed by atoms with Gasteiger partial charge in [0.25, 0.3) is 5.91 Å². The monoisotopic (exact) mass is 489 g/mol. The molecule has 190 valence electrons. The van der Waals surface area contributed by atoms with Crippen LogP contribution in [0.5, 0.6) is 23.0 Å². The summed E-state index contributed by atoms with van der Waals surface area (Å²) in [6.45, 7) is 3.52. The number of hydrogen-bond donors (Lipinski definition) is 1. The number of nitrogens with zero attached hydrogens (tertiary/aromatic N) is 2. The van der Waals surface area contributed by atoms with E-state index in [0.29, 0.717) is 36.3 Å². The van der Waals surface area contributed by atoms with Crippen molar-refractivity contribution in [3.63, 3.8) is 0 Å². The predicted octanol–water partition coefficient (Wildman–Crippen LogP) is 3.69. The molecule has 0 fully saturated rings. The van der Waals surface area contributed by atoms with Gasteiger partial charge >= 0.3 is 5.69 Å². The Bertz CT molecular complexity index is 1060. The summed E-state index contributed by atoms with van der Waals surface area (Å²) in [6, 6.07) is 6.21. The van der Waals surface area contributed by atoms with E-state index in [-0.39, 0.29) is 41.0 Å². The SMILES string of the molecule is CCOC.CNc1cccc(Oc2c(OC)cc3c(c2OC)CCN(CCC=O)C3=O)c1[N+](=O)[O-]. The molecular weight excluding hydrogens is 458 g/mol. The highest BCUT2D eigenvalue weighted by atomic mass is 16.6. The first kappa shape index (κ1) is 27.4. The van der Waals surface area contributed by atoms with Gasteiger partial charge in [0.05, 0.1) is 24.7 Å². The van der Waals surface area contributed by atoms with Crippen molar-refractivity contribution in [3.05, 3.63) is 45.5 Å². The van der Waals surface area contributed by atoms with E-state index < -0.39 is 4.92 Å². The molecule has 0 saturated carbocycles.